The summed E-state index contributed by atoms with van der Waals surface area (Å²) in [5.74, 6) is 0. The van der Waals surface area contributed by atoms with Crippen LogP contribution < -0.4 is 4.90 Å². The average molecular weight is 420 g/mol. The summed E-state index contributed by atoms with van der Waals surface area (Å²) < 4.78 is 26.2. The fourth-order valence-electron chi connectivity index (χ4n) is 3.26. The van der Waals surface area contributed by atoms with Gasteiger partial charge in [0.15, 0.2) is 14.9 Å². The molecule has 3 rings (SSSR count). The third kappa shape index (κ3) is 4.80. The second-order valence-corrected chi connectivity index (χ2v) is 12.3. The molecule has 3 heterocycles. The van der Waals surface area contributed by atoms with Crippen molar-refractivity contribution in [3.63, 3.8) is 0 Å². The molecule has 0 saturated carbocycles. The number of pyridine rings is 1. The maximum atomic E-state index is 12.5. The van der Waals surface area contributed by atoms with E-state index in [1.807, 2.05) is 16.9 Å². The summed E-state index contributed by atoms with van der Waals surface area (Å²) in [6.45, 7) is 16.1. The Morgan fingerprint density at radius 2 is 1.62 bits per heavy atom. The number of nitrogens with zero attached hydrogens (tertiary/aromatic N) is 5. The van der Waals surface area contributed by atoms with E-state index in [-0.39, 0.29) is 10.6 Å². The van der Waals surface area contributed by atoms with Gasteiger partial charge < -0.3 is 4.90 Å². The standard InChI is InChI=1S/C21H33N5O2S/c1-20(2,3)26-16-17(13-23-26)15-24-9-11-25(12-10-24)18-7-8-19(22-14-18)29(27,28)21(4,5)6/h7-8,13-14,16H,9-12,15H2,1-6H3. The molecular weight excluding hydrogens is 386 g/mol. The molecule has 0 N–H and O–H groups in total. The molecule has 2 aromatic rings. The average Bonchev–Trinajstić information content (AvgIpc) is 3.10. The Labute approximate surface area is 174 Å². The van der Waals surface area contributed by atoms with E-state index in [4.69, 9.17) is 0 Å². The van der Waals surface area contributed by atoms with Crippen molar-refractivity contribution in [2.45, 2.75) is 63.4 Å². The van der Waals surface area contributed by atoms with Gasteiger partial charge in [-0.1, -0.05) is 0 Å². The van der Waals surface area contributed by atoms with Crippen LogP contribution in [0.3, 0.4) is 0 Å². The molecule has 0 aromatic carbocycles. The van der Waals surface area contributed by atoms with Crippen LogP contribution in [0.1, 0.15) is 47.1 Å². The lowest BCUT2D eigenvalue weighted by atomic mass is 10.1. The maximum absolute atomic E-state index is 12.5. The number of hydrogen-bond donors (Lipinski definition) is 0. The molecule has 0 atom stereocenters. The summed E-state index contributed by atoms with van der Waals surface area (Å²) in [7, 11) is -3.42. The van der Waals surface area contributed by atoms with Crippen LogP contribution in [0.4, 0.5) is 5.69 Å². The molecule has 7 nitrogen and oxygen atoms in total. The van der Waals surface area contributed by atoms with Crippen LogP contribution in [0.5, 0.6) is 0 Å². The highest BCUT2D eigenvalue weighted by atomic mass is 32.2. The first-order valence-electron chi connectivity index (χ1n) is 10.1. The van der Waals surface area contributed by atoms with Crippen LogP contribution in [0, 0.1) is 0 Å². The summed E-state index contributed by atoms with van der Waals surface area (Å²) in [5, 5.41) is 4.62. The first kappa shape index (κ1) is 21.8. The van der Waals surface area contributed by atoms with Crippen molar-refractivity contribution in [3.05, 3.63) is 36.3 Å². The van der Waals surface area contributed by atoms with Gasteiger partial charge in [0.25, 0.3) is 0 Å². The minimum absolute atomic E-state index is 0.00339. The van der Waals surface area contributed by atoms with Gasteiger partial charge in [0.1, 0.15) is 0 Å². The van der Waals surface area contributed by atoms with E-state index in [0.29, 0.717) is 0 Å². The maximum Gasteiger partial charge on any atom is 0.200 e. The van der Waals surface area contributed by atoms with Gasteiger partial charge in [-0.25, -0.2) is 13.4 Å². The van der Waals surface area contributed by atoms with Crippen LogP contribution in [0.15, 0.2) is 35.7 Å². The molecule has 8 heteroatoms. The Bertz CT molecular complexity index is 929. The molecule has 1 saturated heterocycles. The second-order valence-electron chi connectivity index (χ2n) is 9.70. The van der Waals surface area contributed by atoms with Crippen LogP contribution in [0.2, 0.25) is 0 Å². The number of aromatic nitrogens is 3. The van der Waals surface area contributed by atoms with Crippen LogP contribution in [-0.2, 0) is 21.9 Å². The van der Waals surface area contributed by atoms with Crippen LogP contribution in [0.25, 0.3) is 0 Å². The minimum Gasteiger partial charge on any atom is -0.368 e. The number of hydrogen-bond acceptors (Lipinski definition) is 6. The van der Waals surface area contributed by atoms with Crippen molar-refractivity contribution >= 4 is 15.5 Å². The van der Waals surface area contributed by atoms with E-state index in [1.165, 1.54) is 5.56 Å². The van der Waals surface area contributed by atoms with Crippen molar-refractivity contribution in [3.8, 4) is 0 Å². The lowest BCUT2D eigenvalue weighted by Crippen LogP contribution is -2.46. The lowest BCUT2D eigenvalue weighted by Gasteiger charge is -2.35. The zero-order valence-electron chi connectivity index (χ0n) is 18.4. The van der Waals surface area contributed by atoms with Crippen LogP contribution >= 0.6 is 0 Å². The predicted octanol–water partition coefficient (Wildman–Crippen LogP) is 2.93. The fourth-order valence-corrected chi connectivity index (χ4v) is 4.33. The van der Waals surface area contributed by atoms with E-state index in [2.05, 4.69) is 46.9 Å². The molecule has 1 fully saturated rings. The highest BCUT2D eigenvalue weighted by molar-refractivity contribution is 7.92. The van der Waals surface area contributed by atoms with E-state index < -0.39 is 14.6 Å². The van der Waals surface area contributed by atoms with Gasteiger partial charge >= 0.3 is 0 Å². The Balaban J connectivity index is 1.59. The molecule has 1 aliphatic heterocycles. The number of anilines is 1. The largest absolute Gasteiger partial charge is 0.368 e. The molecule has 0 unspecified atom stereocenters. The molecule has 160 valence electrons. The van der Waals surface area contributed by atoms with E-state index in [1.54, 1.807) is 33.0 Å². The zero-order valence-corrected chi connectivity index (χ0v) is 19.2. The number of rotatable bonds is 4. The van der Waals surface area contributed by atoms with Gasteiger partial charge in [-0.3, -0.25) is 9.58 Å². The van der Waals surface area contributed by atoms with Gasteiger partial charge in [0.05, 0.1) is 28.4 Å². The Morgan fingerprint density at radius 3 is 2.10 bits per heavy atom. The fraction of sp³-hybridized carbons (Fsp3) is 0.619. The molecule has 0 amide bonds. The van der Waals surface area contributed by atoms with Crippen molar-refractivity contribution in [1.82, 2.24) is 19.7 Å². The highest BCUT2D eigenvalue weighted by Gasteiger charge is 2.32. The molecule has 0 spiro atoms. The van der Waals surface area contributed by atoms with Crippen molar-refractivity contribution < 1.29 is 8.42 Å². The molecule has 0 bridgehead atoms. The summed E-state index contributed by atoms with van der Waals surface area (Å²) in [5.41, 5.74) is 2.20. The Morgan fingerprint density at radius 1 is 0.966 bits per heavy atom. The van der Waals surface area contributed by atoms with Crippen LogP contribution in [-0.4, -0.2) is 59.0 Å². The zero-order chi connectivity index (χ0) is 21.4. The minimum atomic E-state index is -3.42. The lowest BCUT2D eigenvalue weighted by molar-refractivity contribution is 0.249. The summed E-state index contributed by atoms with van der Waals surface area (Å²) in [6.07, 6.45) is 5.77. The Kier molecular flexibility index (Phi) is 5.80. The SMILES string of the molecule is CC(C)(C)n1cc(CN2CCN(c3ccc(S(=O)(=O)C(C)(C)C)nc3)CC2)cn1. The summed E-state index contributed by atoms with van der Waals surface area (Å²) in [6, 6.07) is 3.50. The first-order chi connectivity index (χ1) is 13.4. The van der Waals surface area contributed by atoms with Gasteiger partial charge in [0.2, 0.25) is 0 Å². The normalized spacial score (nSPS) is 17.0. The monoisotopic (exact) mass is 419 g/mol. The van der Waals surface area contributed by atoms with Gasteiger partial charge in [-0.2, -0.15) is 5.10 Å². The number of piperazine rings is 1. The van der Waals surface area contributed by atoms with E-state index in [9.17, 15) is 8.42 Å². The smallest absolute Gasteiger partial charge is 0.200 e. The van der Waals surface area contributed by atoms with Gasteiger partial charge in [0, 0.05) is 44.5 Å². The third-order valence-corrected chi connectivity index (χ3v) is 7.67. The number of sulfone groups is 1. The topological polar surface area (TPSA) is 71.3 Å². The summed E-state index contributed by atoms with van der Waals surface area (Å²) in [4.78, 5) is 8.93. The third-order valence-electron chi connectivity index (χ3n) is 5.27. The van der Waals surface area contributed by atoms with Crippen molar-refractivity contribution in [2.75, 3.05) is 31.1 Å². The first-order valence-corrected chi connectivity index (χ1v) is 11.6. The highest BCUT2D eigenvalue weighted by Crippen LogP contribution is 2.25. The van der Waals surface area contributed by atoms with Gasteiger partial charge in [-0.15, -0.1) is 0 Å². The van der Waals surface area contributed by atoms with Gasteiger partial charge in [-0.05, 0) is 53.7 Å². The predicted molar refractivity (Wildman–Crippen MR) is 116 cm³/mol. The van der Waals surface area contributed by atoms with Crippen molar-refractivity contribution in [1.29, 1.82) is 0 Å². The van der Waals surface area contributed by atoms with E-state index in [0.717, 1.165) is 38.4 Å². The second kappa shape index (κ2) is 7.72. The van der Waals surface area contributed by atoms with Crippen molar-refractivity contribution in [2.24, 2.45) is 0 Å². The molecule has 1 aliphatic rings. The molecule has 29 heavy (non-hydrogen) atoms. The Hall–Kier alpha value is -1.93. The summed E-state index contributed by atoms with van der Waals surface area (Å²) >= 11 is 0. The molecule has 0 radical (unpaired) electrons. The molecule has 0 aliphatic carbocycles. The molecular formula is C21H33N5O2S. The van der Waals surface area contributed by atoms with E-state index >= 15 is 0 Å². The molecule has 2 aromatic heterocycles. The quantitative estimate of drug-likeness (QED) is 0.759.